The van der Waals surface area contributed by atoms with E-state index in [0.717, 1.165) is 5.56 Å². The fraction of sp³-hybridized carbons (Fsp3) is 0.294. The van der Waals surface area contributed by atoms with Gasteiger partial charge in [0.25, 0.3) is 0 Å². The third kappa shape index (κ3) is 6.08. The van der Waals surface area contributed by atoms with Crippen LogP contribution < -0.4 is 5.32 Å². The van der Waals surface area contributed by atoms with E-state index in [2.05, 4.69) is 11.9 Å². The number of ether oxygens (including phenoxy) is 1. The summed E-state index contributed by atoms with van der Waals surface area (Å²) in [7, 11) is 0. The van der Waals surface area contributed by atoms with Crippen LogP contribution in [0.15, 0.2) is 55.1 Å². The van der Waals surface area contributed by atoms with Gasteiger partial charge in [-0.05, 0) is 11.5 Å². The van der Waals surface area contributed by atoms with Crippen LogP contribution in [0.2, 0.25) is 0 Å². The van der Waals surface area contributed by atoms with Crippen molar-refractivity contribution in [2.75, 3.05) is 0 Å². The highest BCUT2D eigenvalue weighted by Gasteiger charge is 2.24. The van der Waals surface area contributed by atoms with E-state index in [-0.39, 0.29) is 18.4 Å². The van der Waals surface area contributed by atoms with Crippen LogP contribution in [0.4, 0.5) is 0 Å². The molecule has 1 aromatic carbocycles. The van der Waals surface area contributed by atoms with E-state index >= 15 is 0 Å². The fourth-order valence-electron chi connectivity index (χ4n) is 1.67. The normalized spacial score (nSPS) is 12.1. The summed E-state index contributed by atoms with van der Waals surface area (Å²) in [5.41, 5.74) is 0.909. The maximum atomic E-state index is 12.1. The van der Waals surface area contributed by atoms with E-state index in [4.69, 9.17) is 4.74 Å². The van der Waals surface area contributed by atoms with Crippen LogP contribution in [0.1, 0.15) is 19.4 Å². The summed E-state index contributed by atoms with van der Waals surface area (Å²) >= 11 is 0. The minimum atomic E-state index is -0.671. The number of esters is 1. The Balaban J connectivity index is 2.59. The van der Waals surface area contributed by atoms with E-state index in [1.165, 1.54) is 18.2 Å². The lowest BCUT2D eigenvalue weighted by molar-refractivity contribution is -0.150. The van der Waals surface area contributed by atoms with Crippen molar-refractivity contribution in [1.82, 2.24) is 5.32 Å². The van der Waals surface area contributed by atoms with E-state index in [9.17, 15) is 9.59 Å². The Labute approximate surface area is 125 Å². The molecular weight excluding hydrogens is 266 g/mol. The van der Waals surface area contributed by atoms with Gasteiger partial charge in [-0.3, -0.25) is 4.79 Å². The van der Waals surface area contributed by atoms with Crippen LogP contribution in [-0.2, 0) is 20.9 Å². The number of carbonyl (C=O) groups excluding carboxylic acids is 2. The van der Waals surface area contributed by atoms with Gasteiger partial charge in [-0.25, -0.2) is 4.79 Å². The number of benzene rings is 1. The zero-order valence-electron chi connectivity index (χ0n) is 12.4. The van der Waals surface area contributed by atoms with Crippen molar-refractivity contribution in [2.24, 2.45) is 5.92 Å². The summed E-state index contributed by atoms with van der Waals surface area (Å²) in [5.74, 6) is -0.839. The molecule has 21 heavy (non-hydrogen) atoms. The van der Waals surface area contributed by atoms with Crippen LogP contribution in [0.5, 0.6) is 0 Å². The van der Waals surface area contributed by atoms with E-state index in [0.29, 0.717) is 0 Å². The molecule has 4 heteroatoms. The van der Waals surface area contributed by atoms with Gasteiger partial charge in [0.1, 0.15) is 12.6 Å². The van der Waals surface area contributed by atoms with Crippen molar-refractivity contribution >= 4 is 11.9 Å². The highest BCUT2D eigenvalue weighted by atomic mass is 16.5. The molecule has 1 aromatic rings. The van der Waals surface area contributed by atoms with Crippen LogP contribution in [0.25, 0.3) is 0 Å². The Morgan fingerprint density at radius 3 is 2.52 bits per heavy atom. The third-order valence-electron chi connectivity index (χ3n) is 2.83. The summed E-state index contributed by atoms with van der Waals surface area (Å²) in [5, 5.41) is 2.64. The lowest BCUT2D eigenvalue weighted by atomic mass is 10.0. The Kier molecular flexibility index (Phi) is 6.95. The highest BCUT2D eigenvalue weighted by molar-refractivity contribution is 5.91. The maximum absolute atomic E-state index is 12.1. The molecule has 1 N–H and O–H groups in total. The molecule has 1 atom stereocenters. The zero-order chi connectivity index (χ0) is 15.7. The van der Waals surface area contributed by atoms with E-state index in [1.54, 1.807) is 0 Å². The van der Waals surface area contributed by atoms with Gasteiger partial charge >= 0.3 is 5.97 Å². The van der Waals surface area contributed by atoms with Crippen molar-refractivity contribution < 1.29 is 14.3 Å². The molecule has 0 saturated heterocycles. The molecule has 0 aliphatic carbocycles. The van der Waals surface area contributed by atoms with Crippen molar-refractivity contribution in [3.63, 3.8) is 0 Å². The smallest absolute Gasteiger partial charge is 0.329 e. The SMILES string of the molecule is C=C/C=C/C(=O)N[C@H](C(=O)OCc1ccccc1)C(C)C. The van der Waals surface area contributed by atoms with E-state index < -0.39 is 12.0 Å². The zero-order valence-corrected chi connectivity index (χ0v) is 12.4. The first-order chi connectivity index (χ1) is 10.0. The summed E-state index contributed by atoms with van der Waals surface area (Å²) in [4.78, 5) is 23.7. The number of hydrogen-bond donors (Lipinski definition) is 1. The molecule has 0 spiro atoms. The lowest BCUT2D eigenvalue weighted by Crippen LogP contribution is -2.44. The van der Waals surface area contributed by atoms with Gasteiger partial charge in [-0.1, -0.05) is 62.9 Å². The minimum Gasteiger partial charge on any atom is -0.459 e. The lowest BCUT2D eigenvalue weighted by Gasteiger charge is -2.20. The summed E-state index contributed by atoms with van der Waals surface area (Å²) in [6.45, 7) is 7.39. The molecule has 0 saturated carbocycles. The minimum absolute atomic E-state index is 0.0608. The van der Waals surface area contributed by atoms with Gasteiger partial charge in [0, 0.05) is 6.08 Å². The fourth-order valence-corrected chi connectivity index (χ4v) is 1.67. The monoisotopic (exact) mass is 287 g/mol. The second-order valence-electron chi connectivity index (χ2n) is 4.92. The number of carbonyl (C=O) groups is 2. The number of nitrogens with one attached hydrogen (secondary N) is 1. The first-order valence-corrected chi connectivity index (χ1v) is 6.84. The second kappa shape index (κ2) is 8.74. The molecule has 0 heterocycles. The molecule has 0 radical (unpaired) electrons. The Morgan fingerprint density at radius 1 is 1.29 bits per heavy atom. The van der Waals surface area contributed by atoms with Crippen molar-refractivity contribution in [3.05, 3.63) is 60.7 Å². The van der Waals surface area contributed by atoms with E-state index in [1.807, 2.05) is 44.2 Å². The van der Waals surface area contributed by atoms with Gasteiger partial charge in [0.15, 0.2) is 0 Å². The van der Waals surface area contributed by atoms with Crippen LogP contribution in [0, 0.1) is 5.92 Å². The molecule has 0 aromatic heterocycles. The quantitative estimate of drug-likeness (QED) is 0.476. The van der Waals surface area contributed by atoms with Gasteiger partial charge in [0.2, 0.25) is 5.91 Å². The molecule has 112 valence electrons. The standard InChI is InChI=1S/C17H21NO3/c1-4-5-11-15(19)18-16(13(2)3)17(20)21-12-14-9-7-6-8-10-14/h4-11,13,16H,1,12H2,2-3H3,(H,18,19)/b11-5+/t16-/m0/s1. The molecule has 0 bridgehead atoms. The van der Waals surface area contributed by atoms with Crippen LogP contribution >= 0.6 is 0 Å². The average Bonchev–Trinajstić information content (AvgIpc) is 2.49. The highest BCUT2D eigenvalue weighted by Crippen LogP contribution is 2.07. The second-order valence-corrected chi connectivity index (χ2v) is 4.92. The summed E-state index contributed by atoms with van der Waals surface area (Å²) in [6.07, 6.45) is 4.34. The first kappa shape index (κ1) is 16.7. The molecule has 1 rings (SSSR count). The van der Waals surface area contributed by atoms with Gasteiger partial charge in [-0.15, -0.1) is 0 Å². The van der Waals surface area contributed by atoms with Crippen molar-refractivity contribution in [2.45, 2.75) is 26.5 Å². The largest absolute Gasteiger partial charge is 0.459 e. The molecule has 0 fully saturated rings. The molecule has 1 amide bonds. The van der Waals surface area contributed by atoms with Crippen LogP contribution in [-0.4, -0.2) is 17.9 Å². The third-order valence-corrected chi connectivity index (χ3v) is 2.83. The number of rotatable bonds is 7. The molecule has 4 nitrogen and oxygen atoms in total. The number of hydrogen-bond acceptors (Lipinski definition) is 3. The number of allylic oxidation sites excluding steroid dienone is 2. The Morgan fingerprint density at radius 2 is 1.95 bits per heavy atom. The van der Waals surface area contributed by atoms with Crippen LogP contribution in [0.3, 0.4) is 0 Å². The molecule has 0 aliphatic heterocycles. The van der Waals surface area contributed by atoms with Crippen molar-refractivity contribution in [1.29, 1.82) is 0 Å². The maximum Gasteiger partial charge on any atom is 0.329 e. The topological polar surface area (TPSA) is 55.4 Å². The van der Waals surface area contributed by atoms with Gasteiger partial charge < -0.3 is 10.1 Å². The first-order valence-electron chi connectivity index (χ1n) is 6.84. The van der Waals surface area contributed by atoms with Gasteiger partial charge in [0.05, 0.1) is 0 Å². The molecule has 0 unspecified atom stereocenters. The molecular formula is C17H21NO3. The predicted molar refractivity (Wildman–Crippen MR) is 82.3 cm³/mol. The predicted octanol–water partition coefficient (Wildman–Crippen LogP) is 2.61. The Bertz CT molecular complexity index is 506. The van der Waals surface area contributed by atoms with Gasteiger partial charge in [-0.2, -0.15) is 0 Å². The summed E-state index contributed by atoms with van der Waals surface area (Å²) in [6, 6.07) is 8.74. The number of amides is 1. The average molecular weight is 287 g/mol. The molecule has 0 aliphatic rings. The van der Waals surface area contributed by atoms with Crippen molar-refractivity contribution in [3.8, 4) is 0 Å². The summed E-state index contributed by atoms with van der Waals surface area (Å²) < 4.78 is 5.26. The Hall–Kier alpha value is -2.36.